The van der Waals surface area contributed by atoms with Gasteiger partial charge in [0.05, 0.1) is 11.6 Å². The fraction of sp³-hybridized carbons (Fsp3) is 0.278. The summed E-state index contributed by atoms with van der Waals surface area (Å²) in [5.74, 6) is -0.147. The number of nitrogens with zero attached hydrogens (tertiary/aromatic N) is 3. The monoisotopic (exact) mass is 308 g/mol. The highest BCUT2D eigenvalue weighted by atomic mass is 16.2. The largest absolute Gasteiger partial charge is 0.329 e. The molecule has 5 nitrogen and oxygen atoms in total. The zero-order valence-corrected chi connectivity index (χ0v) is 13.2. The predicted molar refractivity (Wildman–Crippen MR) is 88.7 cm³/mol. The van der Waals surface area contributed by atoms with Crippen LogP contribution < -0.4 is 0 Å². The Balaban J connectivity index is 2.17. The van der Waals surface area contributed by atoms with Crippen molar-refractivity contribution >= 4 is 5.91 Å². The molecule has 1 aromatic carbocycles. The van der Waals surface area contributed by atoms with E-state index in [0.717, 1.165) is 24.1 Å². The molecule has 0 saturated heterocycles. The summed E-state index contributed by atoms with van der Waals surface area (Å²) in [6.07, 6.45) is 3.55. The van der Waals surface area contributed by atoms with E-state index < -0.39 is 0 Å². The summed E-state index contributed by atoms with van der Waals surface area (Å²) in [7, 11) is 0. The first kappa shape index (κ1) is 16.5. The number of aromatic amines is 1. The van der Waals surface area contributed by atoms with Gasteiger partial charge in [-0.15, -0.1) is 6.58 Å². The van der Waals surface area contributed by atoms with Crippen molar-refractivity contribution < 1.29 is 4.79 Å². The Morgan fingerprint density at radius 3 is 3.00 bits per heavy atom. The van der Waals surface area contributed by atoms with Crippen LogP contribution in [-0.2, 0) is 13.0 Å². The summed E-state index contributed by atoms with van der Waals surface area (Å²) in [4.78, 5) is 14.3. The molecule has 1 heterocycles. The van der Waals surface area contributed by atoms with E-state index in [1.54, 1.807) is 29.2 Å². The van der Waals surface area contributed by atoms with Gasteiger partial charge in [0.15, 0.2) is 0 Å². The molecule has 0 atom stereocenters. The Kier molecular flexibility index (Phi) is 5.70. The molecule has 0 aliphatic heterocycles. The molecule has 23 heavy (non-hydrogen) atoms. The number of carbonyl (C=O) groups is 1. The zero-order valence-electron chi connectivity index (χ0n) is 13.2. The predicted octanol–water partition coefficient (Wildman–Crippen LogP) is 3.06. The van der Waals surface area contributed by atoms with Crippen LogP contribution in [0.1, 0.15) is 40.7 Å². The minimum atomic E-state index is -0.147. The Bertz CT molecular complexity index is 727. The lowest BCUT2D eigenvalue weighted by Crippen LogP contribution is -2.31. The number of aromatic nitrogens is 2. The van der Waals surface area contributed by atoms with Crippen LogP contribution in [0.15, 0.2) is 43.0 Å². The van der Waals surface area contributed by atoms with Gasteiger partial charge in [0, 0.05) is 18.8 Å². The molecule has 0 bridgehead atoms. The molecule has 1 aromatic heterocycles. The van der Waals surface area contributed by atoms with Crippen molar-refractivity contribution in [1.82, 2.24) is 15.1 Å². The molecule has 2 aromatic rings. The maximum absolute atomic E-state index is 12.6. The van der Waals surface area contributed by atoms with E-state index in [-0.39, 0.29) is 5.91 Å². The minimum Gasteiger partial charge on any atom is -0.329 e. The van der Waals surface area contributed by atoms with Gasteiger partial charge in [-0.05, 0) is 30.2 Å². The maximum Gasteiger partial charge on any atom is 0.274 e. The second kappa shape index (κ2) is 7.95. The molecule has 0 fully saturated rings. The average molecular weight is 308 g/mol. The van der Waals surface area contributed by atoms with Gasteiger partial charge in [-0.25, -0.2) is 0 Å². The first-order valence-corrected chi connectivity index (χ1v) is 7.61. The lowest BCUT2D eigenvalue weighted by atomic mass is 10.1. The summed E-state index contributed by atoms with van der Waals surface area (Å²) < 4.78 is 0. The fourth-order valence-corrected chi connectivity index (χ4v) is 2.37. The number of nitriles is 1. The number of amides is 1. The second-order valence-electron chi connectivity index (χ2n) is 5.31. The van der Waals surface area contributed by atoms with E-state index in [2.05, 4.69) is 29.8 Å². The molecular formula is C18H20N4O. The van der Waals surface area contributed by atoms with Gasteiger partial charge < -0.3 is 4.90 Å². The van der Waals surface area contributed by atoms with Gasteiger partial charge in [0.25, 0.3) is 5.91 Å². The summed E-state index contributed by atoms with van der Waals surface area (Å²) in [6, 6.07) is 11.2. The van der Waals surface area contributed by atoms with Crippen LogP contribution >= 0.6 is 0 Å². The third-order valence-corrected chi connectivity index (χ3v) is 3.44. The van der Waals surface area contributed by atoms with E-state index in [1.165, 1.54) is 0 Å². The van der Waals surface area contributed by atoms with E-state index >= 15 is 0 Å². The molecule has 1 amide bonds. The first-order valence-electron chi connectivity index (χ1n) is 7.61. The molecule has 1 N–H and O–H groups in total. The second-order valence-corrected chi connectivity index (χ2v) is 5.31. The van der Waals surface area contributed by atoms with E-state index in [1.807, 2.05) is 12.1 Å². The van der Waals surface area contributed by atoms with Crippen LogP contribution in [0.25, 0.3) is 0 Å². The topological polar surface area (TPSA) is 72.8 Å². The van der Waals surface area contributed by atoms with Gasteiger partial charge in [-0.1, -0.05) is 31.6 Å². The van der Waals surface area contributed by atoms with Crippen molar-refractivity contribution in [3.63, 3.8) is 0 Å². The van der Waals surface area contributed by atoms with Crippen molar-refractivity contribution in [2.24, 2.45) is 0 Å². The van der Waals surface area contributed by atoms with Crippen molar-refractivity contribution in [2.45, 2.75) is 26.3 Å². The molecule has 0 radical (unpaired) electrons. The van der Waals surface area contributed by atoms with Gasteiger partial charge in [-0.3, -0.25) is 9.89 Å². The van der Waals surface area contributed by atoms with Crippen LogP contribution in [0.4, 0.5) is 0 Å². The SMILES string of the molecule is C=CCN(Cc1cccc(C#N)c1)C(=O)c1cc(CCC)[nH]n1. The number of aryl methyl sites for hydroxylation is 1. The number of hydrogen-bond donors (Lipinski definition) is 1. The Morgan fingerprint density at radius 1 is 1.48 bits per heavy atom. The normalized spacial score (nSPS) is 10.1. The summed E-state index contributed by atoms with van der Waals surface area (Å²) in [6.45, 7) is 6.63. The van der Waals surface area contributed by atoms with Crippen molar-refractivity contribution in [1.29, 1.82) is 5.26 Å². The highest BCUT2D eigenvalue weighted by Gasteiger charge is 2.18. The smallest absolute Gasteiger partial charge is 0.274 e. The third-order valence-electron chi connectivity index (χ3n) is 3.44. The van der Waals surface area contributed by atoms with Crippen LogP contribution in [0.2, 0.25) is 0 Å². The maximum atomic E-state index is 12.6. The fourth-order valence-electron chi connectivity index (χ4n) is 2.37. The van der Waals surface area contributed by atoms with E-state index in [0.29, 0.717) is 24.3 Å². The Hall–Kier alpha value is -2.87. The highest BCUT2D eigenvalue weighted by Crippen LogP contribution is 2.12. The molecule has 0 saturated carbocycles. The van der Waals surface area contributed by atoms with Crippen LogP contribution in [0.3, 0.4) is 0 Å². The lowest BCUT2D eigenvalue weighted by Gasteiger charge is -2.20. The molecule has 0 aliphatic rings. The third kappa shape index (κ3) is 4.30. The van der Waals surface area contributed by atoms with Crippen LogP contribution in [-0.4, -0.2) is 27.5 Å². The molecule has 0 aliphatic carbocycles. The van der Waals surface area contributed by atoms with E-state index in [9.17, 15) is 4.79 Å². The van der Waals surface area contributed by atoms with Crippen molar-refractivity contribution in [2.75, 3.05) is 6.54 Å². The first-order chi connectivity index (χ1) is 11.2. The summed E-state index contributed by atoms with van der Waals surface area (Å²) in [5, 5.41) is 16.0. The number of nitrogens with one attached hydrogen (secondary N) is 1. The van der Waals surface area contributed by atoms with Crippen molar-refractivity contribution in [3.8, 4) is 6.07 Å². The lowest BCUT2D eigenvalue weighted by molar-refractivity contribution is 0.0756. The zero-order chi connectivity index (χ0) is 16.7. The van der Waals surface area contributed by atoms with Gasteiger partial charge in [0.2, 0.25) is 0 Å². The molecule has 0 spiro atoms. The number of rotatable bonds is 7. The number of H-pyrrole nitrogens is 1. The average Bonchev–Trinajstić information content (AvgIpc) is 3.03. The molecule has 2 rings (SSSR count). The number of hydrogen-bond acceptors (Lipinski definition) is 3. The van der Waals surface area contributed by atoms with Gasteiger partial charge in [-0.2, -0.15) is 10.4 Å². The molecular weight excluding hydrogens is 288 g/mol. The minimum absolute atomic E-state index is 0.147. The van der Waals surface area contributed by atoms with Gasteiger partial charge >= 0.3 is 0 Å². The number of benzene rings is 1. The summed E-state index contributed by atoms with van der Waals surface area (Å²) in [5.41, 5.74) is 2.86. The quantitative estimate of drug-likeness (QED) is 0.799. The van der Waals surface area contributed by atoms with E-state index in [4.69, 9.17) is 5.26 Å². The van der Waals surface area contributed by atoms with Crippen LogP contribution in [0.5, 0.6) is 0 Å². The molecule has 118 valence electrons. The summed E-state index contributed by atoms with van der Waals surface area (Å²) >= 11 is 0. The Labute approximate surface area is 136 Å². The number of carbonyl (C=O) groups excluding carboxylic acids is 1. The Morgan fingerprint density at radius 2 is 2.30 bits per heavy atom. The molecule has 0 unspecified atom stereocenters. The van der Waals surface area contributed by atoms with Crippen molar-refractivity contribution in [3.05, 3.63) is 65.5 Å². The standard InChI is InChI=1S/C18H20N4O/c1-3-6-16-11-17(21-20-16)18(23)22(9-4-2)13-15-8-5-7-14(10-15)12-19/h4-5,7-8,10-11H,2-3,6,9,13H2,1H3,(H,20,21). The molecule has 5 heteroatoms. The van der Waals surface area contributed by atoms with Crippen LogP contribution in [0, 0.1) is 11.3 Å². The van der Waals surface area contributed by atoms with Gasteiger partial charge in [0.1, 0.15) is 5.69 Å². The highest BCUT2D eigenvalue weighted by molar-refractivity contribution is 5.92.